The van der Waals surface area contributed by atoms with Gasteiger partial charge in [0.2, 0.25) is 5.13 Å². The predicted molar refractivity (Wildman–Crippen MR) is 119 cm³/mol. The number of aromatic amines is 2. The zero-order valence-electron chi connectivity index (χ0n) is 16.5. The number of halogens is 3. The molecule has 0 bridgehead atoms. The number of hydrogen-bond donors (Lipinski definition) is 2. The Labute approximate surface area is 183 Å². The zero-order chi connectivity index (χ0) is 22.3. The third-order valence-electron chi connectivity index (χ3n) is 5.09. The van der Waals surface area contributed by atoms with E-state index in [0.717, 1.165) is 43.4 Å². The van der Waals surface area contributed by atoms with Crippen LogP contribution in [0, 0.1) is 0 Å². The fraction of sp³-hybridized carbons (Fsp3) is 0.136. The summed E-state index contributed by atoms with van der Waals surface area (Å²) < 4.78 is 42.4. The zero-order valence-corrected chi connectivity index (χ0v) is 17.3. The lowest BCUT2D eigenvalue weighted by Crippen LogP contribution is -2.17. The number of nitrogens with one attached hydrogen (secondary N) is 2. The van der Waals surface area contributed by atoms with Gasteiger partial charge in [-0.05, 0) is 30.2 Å². The summed E-state index contributed by atoms with van der Waals surface area (Å²) in [7, 11) is 0. The van der Waals surface area contributed by atoms with Gasteiger partial charge in [0.25, 0.3) is 5.56 Å². The minimum atomic E-state index is -4.74. The second-order valence-corrected chi connectivity index (χ2v) is 8.16. The summed E-state index contributed by atoms with van der Waals surface area (Å²) in [6.07, 6.45) is -1.35. The van der Waals surface area contributed by atoms with E-state index in [4.69, 9.17) is 0 Å². The standard InChI is InChI=1S/C22H16F3N5OS/c23-22(24,25)19-15(12-26-10-9-13-11-27-16-6-2-1-5-14(13)16)20(31)30(29-19)21-28-17-7-3-4-8-18(17)32-21/h1-8,11-12,27,29H,9-10H2. The average molecular weight is 455 g/mol. The van der Waals surface area contributed by atoms with Crippen LogP contribution < -0.4 is 5.56 Å². The molecule has 5 aromatic rings. The second kappa shape index (κ2) is 7.79. The maximum atomic E-state index is 13.6. The fourth-order valence-electron chi connectivity index (χ4n) is 3.56. The van der Waals surface area contributed by atoms with E-state index in [0.29, 0.717) is 11.9 Å². The maximum Gasteiger partial charge on any atom is 0.433 e. The van der Waals surface area contributed by atoms with Crippen LogP contribution in [0.3, 0.4) is 0 Å². The monoisotopic (exact) mass is 455 g/mol. The van der Waals surface area contributed by atoms with Crippen molar-refractivity contribution in [1.82, 2.24) is 19.7 Å². The molecule has 3 aromatic heterocycles. The molecular formula is C22H16F3N5OS. The molecule has 6 nitrogen and oxygen atoms in total. The molecular weight excluding hydrogens is 439 g/mol. The number of hydrogen-bond acceptors (Lipinski definition) is 4. The number of alkyl halides is 3. The molecule has 0 amide bonds. The summed E-state index contributed by atoms with van der Waals surface area (Å²) in [6, 6.07) is 14.9. The Hall–Kier alpha value is -3.66. The van der Waals surface area contributed by atoms with Crippen LogP contribution in [0.2, 0.25) is 0 Å². The highest BCUT2D eigenvalue weighted by Gasteiger charge is 2.38. The van der Waals surface area contributed by atoms with E-state index in [2.05, 4.69) is 20.1 Å². The third-order valence-corrected chi connectivity index (χ3v) is 6.11. The minimum Gasteiger partial charge on any atom is -0.361 e. The van der Waals surface area contributed by atoms with Crippen LogP contribution in [0.25, 0.3) is 26.3 Å². The van der Waals surface area contributed by atoms with Gasteiger partial charge in [-0.3, -0.25) is 14.9 Å². The number of thiazole rings is 1. The molecule has 0 unspecified atom stereocenters. The number of nitrogens with zero attached hydrogens (tertiary/aromatic N) is 3. The van der Waals surface area contributed by atoms with E-state index in [1.165, 1.54) is 0 Å². The van der Waals surface area contributed by atoms with Crippen molar-refractivity contribution in [2.24, 2.45) is 4.99 Å². The number of H-pyrrole nitrogens is 2. The number of rotatable bonds is 5. The Kier molecular flexibility index (Phi) is 4.93. The van der Waals surface area contributed by atoms with Gasteiger partial charge in [0, 0.05) is 29.9 Å². The molecule has 0 aliphatic carbocycles. The van der Waals surface area contributed by atoms with Crippen LogP contribution in [0.15, 0.2) is 64.5 Å². The molecule has 2 aromatic carbocycles. The minimum absolute atomic E-state index is 0.139. The van der Waals surface area contributed by atoms with E-state index in [-0.39, 0.29) is 11.7 Å². The first-order valence-electron chi connectivity index (χ1n) is 9.75. The van der Waals surface area contributed by atoms with Gasteiger partial charge >= 0.3 is 6.18 Å². The molecule has 5 rings (SSSR count). The molecule has 162 valence electrons. The summed E-state index contributed by atoms with van der Waals surface area (Å²) in [5.74, 6) is 0. The molecule has 0 saturated carbocycles. The van der Waals surface area contributed by atoms with Gasteiger partial charge in [0.05, 0.1) is 15.8 Å². The summed E-state index contributed by atoms with van der Waals surface area (Å²) in [4.78, 5) is 24.4. The SMILES string of the molecule is O=c1c(C=NCCc2c[nH]c3ccccc23)c(C(F)(F)F)[nH]n1-c1nc2ccccc2s1. The van der Waals surface area contributed by atoms with E-state index in [1.807, 2.05) is 30.5 Å². The molecule has 10 heteroatoms. The Morgan fingerprint density at radius 3 is 2.72 bits per heavy atom. The van der Waals surface area contributed by atoms with Gasteiger partial charge in [0.15, 0.2) is 5.69 Å². The summed E-state index contributed by atoms with van der Waals surface area (Å²) in [5.41, 5.74) is 0.0851. The number of fused-ring (bicyclic) bond motifs is 2. The first-order valence-corrected chi connectivity index (χ1v) is 10.6. The number of aliphatic imine (C=N–C) groups is 1. The molecule has 0 fully saturated rings. The summed E-state index contributed by atoms with van der Waals surface area (Å²) in [5, 5.41) is 3.36. The first kappa shape index (κ1) is 20.3. The van der Waals surface area contributed by atoms with Crippen LogP contribution in [0.1, 0.15) is 16.8 Å². The number of para-hydroxylation sites is 2. The van der Waals surface area contributed by atoms with Crippen molar-refractivity contribution in [3.05, 3.63) is 81.9 Å². The number of benzene rings is 2. The van der Waals surface area contributed by atoms with Crippen LogP contribution in [0.4, 0.5) is 13.2 Å². The fourth-order valence-corrected chi connectivity index (χ4v) is 4.48. The van der Waals surface area contributed by atoms with Crippen LogP contribution in [-0.4, -0.2) is 32.5 Å². The molecule has 0 aliphatic heterocycles. The highest BCUT2D eigenvalue weighted by atomic mass is 32.1. The Balaban J connectivity index is 1.45. The lowest BCUT2D eigenvalue weighted by molar-refractivity contribution is -0.141. The Morgan fingerprint density at radius 2 is 1.91 bits per heavy atom. The van der Waals surface area contributed by atoms with Crippen molar-refractivity contribution >= 4 is 38.7 Å². The largest absolute Gasteiger partial charge is 0.433 e. The molecule has 0 saturated heterocycles. The third kappa shape index (κ3) is 3.62. The van der Waals surface area contributed by atoms with Crippen LogP contribution in [0.5, 0.6) is 0 Å². The van der Waals surface area contributed by atoms with E-state index < -0.39 is 23.0 Å². The van der Waals surface area contributed by atoms with E-state index in [9.17, 15) is 18.0 Å². The van der Waals surface area contributed by atoms with Gasteiger partial charge in [-0.2, -0.15) is 17.9 Å². The molecule has 0 spiro atoms. The van der Waals surface area contributed by atoms with Crippen molar-refractivity contribution in [3.8, 4) is 5.13 Å². The molecule has 2 N–H and O–H groups in total. The summed E-state index contributed by atoms with van der Waals surface area (Å²) in [6.45, 7) is 0.241. The lowest BCUT2D eigenvalue weighted by atomic mass is 10.1. The van der Waals surface area contributed by atoms with Gasteiger partial charge in [-0.25, -0.2) is 4.98 Å². The van der Waals surface area contributed by atoms with Crippen molar-refractivity contribution in [1.29, 1.82) is 0 Å². The smallest absolute Gasteiger partial charge is 0.361 e. The van der Waals surface area contributed by atoms with E-state index in [1.54, 1.807) is 24.3 Å². The van der Waals surface area contributed by atoms with Gasteiger partial charge in [-0.15, -0.1) is 0 Å². The second-order valence-electron chi connectivity index (χ2n) is 7.15. The van der Waals surface area contributed by atoms with Gasteiger partial charge < -0.3 is 4.98 Å². The normalized spacial score (nSPS) is 12.5. The predicted octanol–water partition coefficient (Wildman–Crippen LogP) is 4.94. The highest BCUT2D eigenvalue weighted by Crippen LogP contribution is 2.30. The number of aromatic nitrogens is 4. The Morgan fingerprint density at radius 1 is 1.12 bits per heavy atom. The van der Waals surface area contributed by atoms with Gasteiger partial charge in [0.1, 0.15) is 0 Å². The Bertz CT molecular complexity index is 1470. The van der Waals surface area contributed by atoms with Crippen molar-refractivity contribution in [3.63, 3.8) is 0 Å². The summed E-state index contributed by atoms with van der Waals surface area (Å²) >= 11 is 1.13. The molecule has 0 radical (unpaired) electrons. The van der Waals surface area contributed by atoms with Crippen molar-refractivity contribution in [2.45, 2.75) is 12.6 Å². The van der Waals surface area contributed by atoms with Crippen molar-refractivity contribution in [2.75, 3.05) is 6.54 Å². The lowest BCUT2D eigenvalue weighted by Gasteiger charge is -2.03. The van der Waals surface area contributed by atoms with E-state index >= 15 is 0 Å². The molecule has 32 heavy (non-hydrogen) atoms. The maximum absolute atomic E-state index is 13.6. The quantitative estimate of drug-likeness (QED) is 0.368. The van der Waals surface area contributed by atoms with Crippen molar-refractivity contribution < 1.29 is 13.2 Å². The topological polar surface area (TPSA) is 78.8 Å². The van der Waals surface area contributed by atoms with Crippen LogP contribution >= 0.6 is 11.3 Å². The first-order chi connectivity index (χ1) is 15.4. The molecule has 0 atom stereocenters. The van der Waals surface area contributed by atoms with Crippen LogP contribution in [-0.2, 0) is 12.6 Å². The average Bonchev–Trinajstić information content (AvgIpc) is 3.46. The molecule has 3 heterocycles. The molecule has 0 aliphatic rings. The highest BCUT2D eigenvalue weighted by molar-refractivity contribution is 7.20. The van der Waals surface area contributed by atoms with Gasteiger partial charge in [-0.1, -0.05) is 41.7 Å².